The van der Waals surface area contributed by atoms with E-state index in [1.807, 2.05) is 17.8 Å². The summed E-state index contributed by atoms with van der Waals surface area (Å²) in [4.78, 5) is 4.24. The van der Waals surface area contributed by atoms with Crippen LogP contribution in [-0.4, -0.2) is 28.7 Å². The van der Waals surface area contributed by atoms with Crippen LogP contribution in [0.25, 0.3) is 0 Å². The van der Waals surface area contributed by atoms with Gasteiger partial charge in [-0.2, -0.15) is 0 Å². The van der Waals surface area contributed by atoms with E-state index in [0.29, 0.717) is 18.6 Å². The molecular weight excluding hydrogens is 190 g/mol. The predicted octanol–water partition coefficient (Wildman–Crippen LogP) is 0.935. The standard InChI is InChI=1S/C11H19N3O/c1-9-3-4-12-7-10(9)15-8-11-13-5-6-14(11)2/h5-6,9-10,12H,3-4,7-8H2,1-2H3. The minimum atomic E-state index is 0.329. The zero-order valence-corrected chi connectivity index (χ0v) is 9.44. The highest BCUT2D eigenvalue weighted by atomic mass is 16.5. The molecule has 4 nitrogen and oxygen atoms in total. The molecule has 1 fully saturated rings. The average molecular weight is 209 g/mol. The Morgan fingerprint density at radius 1 is 1.67 bits per heavy atom. The van der Waals surface area contributed by atoms with Crippen molar-refractivity contribution in [2.75, 3.05) is 13.1 Å². The SMILES string of the molecule is CC1CCNCC1OCc1nccn1C. The van der Waals surface area contributed by atoms with Gasteiger partial charge in [-0.3, -0.25) is 0 Å². The van der Waals surface area contributed by atoms with Crippen molar-refractivity contribution in [2.45, 2.75) is 26.1 Å². The first-order chi connectivity index (χ1) is 7.27. The van der Waals surface area contributed by atoms with E-state index in [1.54, 1.807) is 6.20 Å². The Labute approximate surface area is 90.6 Å². The Hall–Kier alpha value is -0.870. The molecule has 1 N–H and O–H groups in total. The first-order valence-corrected chi connectivity index (χ1v) is 5.56. The third kappa shape index (κ3) is 2.58. The average Bonchev–Trinajstić information content (AvgIpc) is 2.63. The van der Waals surface area contributed by atoms with E-state index in [9.17, 15) is 0 Å². The number of imidazole rings is 1. The predicted molar refractivity (Wildman–Crippen MR) is 58.4 cm³/mol. The Kier molecular flexibility index (Phi) is 3.38. The van der Waals surface area contributed by atoms with Gasteiger partial charge in [0.2, 0.25) is 0 Å². The molecule has 84 valence electrons. The molecule has 1 aromatic heterocycles. The second kappa shape index (κ2) is 4.77. The molecule has 2 heterocycles. The number of ether oxygens (including phenoxy) is 1. The van der Waals surface area contributed by atoms with Gasteiger partial charge in [0.1, 0.15) is 12.4 Å². The third-order valence-electron chi connectivity index (χ3n) is 3.10. The molecule has 0 bridgehead atoms. The largest absolute Gasteiger partial charge is 0.369 e. The fourth-order valence-corrected chi connectivity index (χ4v) is 1.90. The van der Waals surface area contributed by atoms with Crippen molar-refractivity contribution in [1.29, 1.82) is 0 Å². The minimum Gasteiger partial charge on any atom is -0.369 e. The van der Waals surface area contributed by atoms with E-state index in [1.165, 1.54) is 6.42 Å². The van der Waals surface area contributed by atoms with Gasteiger partial charge in [0.15, 0.2) is 0 Å². The van der Waals surface area contributed by atoms with Crippen LogP contribution in [0.15, 0.2) is 12.4 Å². The van der Waals surface area contributed by atoms with Crippen LogP contribution in [0.4, 0.5) is 0 Å². The Balaban J connectivity index is 1.84. The molecule has 4 heteroatoms. The van der Waals surface area contributed by atoms with Gasteiger partial charge in [-0.25, -0.2) is 4.98 Å². The molecule has 0 saturated carbocycles. The van der Waals surface area contributed by atoms with Crippen LogP contribution in [0, 0.1) is 5.92 Å². The summed E-state index contributed by atoms with van der Waals surface area (Å²) in [6.45, 7) is 4.94. The van der Waals surface area contributed by atoms with E-state index in [2.05, 4.69) is 17.2 Å². The maximum absolute atomic E-state index is 5.87. The summed E-state index contributed by atoms with van der Waals surface area (Å²) < 4.78 is 7.88. The van der Waals surface area contributed by atoms with Crippen molar-refractivity contribution in [1.82, 2.24) is 14.9 Å². The van der Waals surface area contributed by atoms with Crippen LogP contribution in [0.2, 0.25) is 0 Å². The summed E-state index contributed by atoms with van der Waals surface area (Å²) >= 11 is 0. The molecule has 1 saturated heterocycles. The molecule has 0 aliphatic carbocycles. The number of aromatic nitrogens is 2. The molecule has 2 unspecified atom stereocenters. The highest BCUT2D eigenvalue weighted by Crippen LogP contribution is 2.15. The molecule has 0 aromatic carbocycles. The lowest BCUT2D eigenvalue weighted by Crippen LogP contribution is -2.41. The third-order valence-corrected chi connectivity index (χ3v) is 3.10. The Morgan fingerprint density at radius 2 is 2.53 bits per heavy atom. The summed E-state index contributed by atoms with van der Waals surface area (Å²) in [7, 11) is 1.99. The lowest BCUT2D eigenvalue weighted by Gasteiger charge is -2.29. The smallest absolute Gasteiger partial charge is 0.134 e. The van der Waals surface area contributed by atoms with Gasteiger partial charge in [-0.05, 0) is 18.9 Å². The van der Waals surface area contributed by atoms with Crippen molar-refractivity contribution in [3.8, 4) is 0 Å². The number of aryl methyl sites for hydroxylation is 1. The second-order valence-corrected chi connectivity index (χ2v) is 4.27. The maximum Gasteiger partial charge on any atom is 0.134 e. The Morgan fingerprint density at radius 3 is 3.20 bits per heavy atom. The monoisotopic (exact) mass is 209 g/mol. The summed E-state index contributed by atoms with van der Waals surface area (Å²) in [5, 5.41) is 3.36. The van der Waals surface area contributed by atoms with Gasteiger partial charge in [0.05, 0.1) is 6.10 Å². The fraction of sp³-hybridized carbons (Fsp3) is 0.727. The van der Waals surface area contributed by atoms with E-state index in [-0.39, 0.29) is 0 Å². The summed E-state index contributed by atoms with van der Waals surface area (Å²) in [6, 6.07) is 0. The number of rotatable bonds is 3. The van der Waals surface area contributed by atoms with Gasteiger partial charge in [0.25, 0.3) is 0 Å². The quantitative estimate of drug-likeness (QED) is 0.805. The van der Waals surface area contributed by atoms with Gasteiger partial charge < -0.3 is 14.6 Å². The van der Waals surface area contributed by atoms with E-state index < -0.39 is 0 Å². The lowest BCUT2D eigenvalue weighted by atomic mass is 9.97. The molecular formula is C11H19N3O. The molecule has 0 amide bonds. The highest BCUT2D eigenvalue weighted by Gasteiger charge is 2.21. The molecule has 2 rings (SSSR count). The van der Waals surface area contributed by atoms with Crippen molar-refractivity contribution in [2.24, 2.45) is 13.0 Å². The van der Waals surface area contributed by atoms with Crippen LogP contribution in [-0.2, 0) is 18.4 Å². The fourth-order valence-electron chi connectivity index (χ4n) is 1.90. The van der Waals surface area contributed by atoms with Crippen molar-refractivity contribution in [3.63, 3.8) is 0 Å². The summed E-state index contributed by atoms with van der Waals surface area (Å²) in [6.07, 6.45) is 5.28. The number of nitrogens with zero attached hydrogens (tertiary/aromatic N) is 2. The van der Waals surface area contributed by atoms with Gasteiger partial charge >= 0.3 is 0 Å². The number of hydrogen-bond donors (Lipinski definition) is 1. The molecule has 1 aromatic rings. The molecule has 15 heavy (non-hydrogen) atoms. The van der Waals surface area contributed by atoms with E-state index in [0.717, 1.165) is 18.9 Å². The van der Waals surface area contributed by atoms with Crippen LogP contribution >= 0.6 is 0 Å². The van der Waals surface area contributed by atoms with Gasteiger partial charge in [0, 0.05) is 26.0 Å². The first kappa shape index (κ1) is 10.6. The number of hydrogen-bond acceptors (Lipinski definition) is 3. The second-order valence-electron chi connectivity index (χ2n) is 4.27. The molecule has 2 atom stereocenters. The van der Waals surface area contributed by atoms with Crippen molar-refractivity contribution in [3.05, 3.63) is 18.2 Å². The van der Waals surface area contributed by atoms with Gasteiger partial charge in [-0.15, -0.1) is 0 Å². The summed E-state index contributed by atoms with van der Waals surface area (Å²) in [5.41, 5.74) is 0. The highest BCUT2D eigenvalue weighted by molar-refractivity contribution is 4.89. The normalized spacial score (nSPS) is 26.8. The van der Waals surface area contributed by atoms with Crippen LogP contribution in [0.1, 0.15) is 19.2 Å². The Bertz CT molecular complexity index is 311. The molecule has 0 spiro atoms. The van der Waals surface area contributed by atoms with E-state index >= 15 is 0 Å². The summed E-state index contributed by atoms with van der Waals surface area (Å²) in [5.74, 6) is 1.64. The minimum absolute atomic E-state index is 0.329. The lowest BCUT2D eigenvalue weighted by molar-refractivity contribution is -0.0103. The van der Waals surface area contributed by atoms with Crippen LogP contribution < -0.4 is 5.32 Å². The molecule has 1 aliphatic heterocycles. The number of piperidine rings is 1. The number of nitrogens with one attached hydrogen (secondary N) is 1. The zero-order chi connectivity index (χ0) is 10.7. The van der Waals surface area contributed by atoms with Crippen molar-refractivity contribution < 1.29 is 4.74 Å². The van der Waals surface area contributed by atoms with Crippen molar-refractivity contribution >= 4 is 0 Å². The van der Waals surface area contributed by atoms with Crippen LogP contribution in [0.5, 0.6) is 0 Å². The maximum atomic E-state index is 5.87. The van der Waals surface area contributed by atoms with Gasteiger partial charge in [-0.1, -0.05) is 6.92 Å². The topological polar surface area (TPSA) is 39.1 Å². The zero-order valence-electron chi connectivity index (χ0n) is 9.44. The van der Waals surface area contributed by atoms with Crippen LogP contribution in [0.3, 0.4) is 0 Å². The molecule has 1 aliphatic rings. The molecule has 0 radical (unpaired) electrons. The first-order valence-electron chi connectivity index (χ1n) is 5.56. The van der Waals surface area contributed by atoms with E-state index in [4.69, 9.17) is 4.74 Å².